The van der Waals surface area contributed by atoms with Crippen LogP contribution in [0.2, 0.25) is 0 Å². The van der Waals surface area contributed by atoms with Gasteiger partial charge in [-0.15, -0.1) is 0 Å². The Morgan fingerprint density at radius 3 is 2.58 bits per heavy atom. The topological polar surface area (TPSA) is 77.9 Å². The van der Waals surface area contributed by atoms with Crippen LogP contribution in [0, 0.1) is 0 Å². The highest BCUT2D eigenvalue weighted by Gasteiger charge is 2.25. The highest BCUT2D eigenvalue weighted by molar-refractivity contribution is 5.86. The second-order valence-electron chi connectivity index (χ2n) is 5.10. The first kappa shape index (κ1) is 15.5. The monoisotopic (exact) mass is 270 g/mol. The number of rotatable bonds is 7. The molecule has 1 heterocycles. The smallest absolute Gasteiger partial charge is 0.303 e. The molecule has 1 saturated heterocycles. The molecule has 2 amide bonds. The van der Waals surface area contributed by atoms with Crippen LogP contribution in [0.5, 0.6) is 0 Å². The van der Waals surface area contributed by atoms with Gasteiger partial charge in [0.15, 0.2) is 0 Å². The van der Waals surface area contributed by atoms with Crippen LogP contribution in [0.25, 0.3) is 0 Å². The van der Waals surface area contributed by atoms with Crippen LogP contribution >= 0.6 is 0 Å². The summed E-state index contributed by atoms with van der Waals surface area (Å²) in [6.45, 7) is 4.97. The summed E-state index contributed by atoms with van der Waals surface area (Å²) in [4.78, 5) is 37.3. The second-order valence-corrected chi connectivity index (χ2v) is 5.10. The zero-order valence-electron chi connectivity index (χ0n) is 11.6. The SMILES string of the molecule is CC(C)N(CCCC(=O)O)C(=O)CN1CCCC1=O. The number of hydrogen-bond donors (Lipinski definition) is 1. The van der Waals surface area contributed by atoms with Crippen molar-refractivity contribution in [3.63, 3.8) is 0 Å². The quantitative estimate of drug-likeness (QED) is 0.739. The van der Waals surface area contributed by atoms with Crippen LogP contribution in [0.3, 0.4) is 0 Å². The van der Waals surface area contributed by atoms with E-state index in [-0.39, 0.29) is 30.8 Å². The van der Waals surface area contributed by atoms with Crippen molar-refractivity contribution < 1.29 is 19.5 Å². The van der Waals surface area contributed by atoms with Gasteiger partial charge in [0.2, 0.25) is 11.8 Å². The summed E-state index contributed by atoms with van der Waals surface area (Å²) in [5.41, 5.74) is 0. The van der Waals surface area contributed by atoms with Gasteiger partial charge in [0.05, 0.1) is 6.54 Å². The van der Waals surface area contributed by atoms with Crippen LogP contribution in [-0.4, -0.2) is 58.4 Å². The molecule has 0 aliphatic carbocycles. The zero-order chi connectivity index (χ0) is 14.4. The average molecular weight is 270 g/mol. The standard InChI is InChI=1S/C13H22N2O4/c1-10(2)15(8-4-6-13(18)19)12(17)9-14-7-3-5-11(14)16/h10H,3-9H2,1-2H3,(H,18,19). The molecule has 0 aromatic heterocycles. The van der Waals surface area contributed by atoms with Crippen molar-refractivity contribution in [2.45, 2.75) is 45.6 Å². The highest BCUT2D eigenvalue weighted by Crippen LogP contribution is 2.11. The number of aliphatic carboxylic acids is 1. The van der Waals surface area contributed by atoms with E-state index in [1.165, 1.54) is 0 Å². The Morgan fingerprint density at radius 2 is 2.11 bits per heavy atom. The van der Waals surface area contributed by atoms with Crippen molar-refractivity contribution >= 4 is 17.8 Å². The molecule has 0 atom stereocenters. The minimum Gasteiger partial charge on any atom is -0.481 e. The molecular formula is C13H22N2O4. The fraction of sp³-hybridized carbons (Fsp3) is 0.769. The first-order chi connectivity index (χ1) is 8.91. The molecule has 108 valence electrons. The van der Waals surface area contributed by atoms with Crippen LogP contribution in [0.4, 0.5) is 0 Å². The molecule has 1 fully saturated rings. The van der Waals surface area contributed by atoms with E-state index in [0.29, 0.717) is 25.9 Å². The summed E-state index contributed by atoms with van der Waals surface area (Å²) in [5.74, 6) is -0.927. The summed E-state index contributed by atoms with van der Waals surface area (Å²) in [6.07, 6.45) is 1.83. The largest absolute Gasteiger partial charge is 0.481 e. The predicted molar refractivity (Wildman–Crippen MR) is 69.5 cm³/mol. The summed E-state index contributed by atoms with van der Waals surface area (Å²) in [5, 5.41) is 8.61. The van der Waals surface area contributed by atoms with E-state index in [1.54, 1.807) is 9.80 Å². The van der Waals surface area contributed by atoms with Crippen molar-refractivity contribution in [3.8, 4) is 0 Å². The van der Waals surface area contributed by atoms with Gasteiger partial charge >= 0.3 is 5.97 Å². The Labute approximate surface area is 113 Å². The van der Waals surface area contributed by atoms with Gasteiger partial charge in [0.1, 0.15) is 0 Å². The van der Waals surface area contributed by atoms with Gasteiger partial charge < -0.3 is 14.9 Å². The Bertz CT molecular complexity index is 355. The minimum atomic E-state index is -0.856. The molecule has 0 spiro atoms. The third kappa shape index (κ3) is 4.89. The van der Waals surface area contributed by atoms with Gasteiger partial charge in [-0.25, -0.2) is 0 Å². The van der Waals surface area contributed by atoms with Crippen molar-refractivity contribution in [3.05, 3.63) is 0 Å². The van der Waals surface area contributed by atoms with Gasteiger partial charge in [-0.05, 0) is 26.7 Å². The summed E-state index contributed by atoms with van der Waals surface area (Å²) in [6, 6.07) is 0.0130. The molecule has 0 bridgehead atoms. The molecule has 6 heteroatoms. The number of carbonyl (C=O) groups excluding carboxylic acids is 2. The molecule has 1 rings (SSSR count). The lowest BCUT2D eigenvalue weighted by Gasteiger charge is -2.28. The molecule has 6 nitrogen and oxygen atoms in total. The van der Waals surface area contributed by atoms with Gasteiger partial charge in [0.25, 0.3) is 0 Å². The Morgan fingerprint density at radius 1 is 1.42 bits per heavy atom. The molecule has 1 N–H and O–H groups in total. The number of hydrogen-bond acceptors (Lipinski definition) is 3. The molecule has 0 saturated carbocycles. The van der Waals surface area contributed by atoms with E-state index in [1.807, 2.05) is 13.8 Å². The Kier molecular flexibility index (Phi) is 5.79. The van der Waals surface area contributed by atoms with Crippen LogP contribution in [-0.2, 0) is 14.4 Å². The first-order valence-electron chi connectivity index (χ1n) is 6.71. The van der Waals surface area contributed by atoms with E-state index in [4.69, 9.17) is 5.11 Å². The number of nitrogens with zero attached hydrogens (tertiary/aromatic N) is 2. The lowest BCUT2D eigenvalue weighted by molar-refractivity contribution is -0.140. The maximum Gasteiger partial charge on any atom is 0.303 e. The number of amides is 2. The van der Waals surface area contributed by atoms with E-state index in [2.05, 4.69) is 0 Å². The van der Waals surface area contributed by atoms with Gasteiger partial charge in [-0.3, -0.25) is 14.4 Å². The minimum absolute atomic E-state index is 0.0130. The molecule has 0 aromatic carbocycles. The van der Waals surface area contributed by atoms with E-state index in [9.17, 15) is 14.4 Å². The van der Waals surface area contributed by atoms with E-state index >= 15 is 0 Å². The summed E-state index contributed by atoms with van der Waals surface area (Å²) >= 11 is 0. The van der Waals surface area contributed by atoms with E-state index in [0.717, 1.165) is 6.42 Å². The maximum atomic E-state index is 12.1. The molecular weight excluding hydrogens is 248 g/mol. The molecule has 1 aliphatic heterocycles. The number of likely N-dealkylation sites (tertiary alicyclic amines) is 1. The maximum absolute atomic E-state index is 12.1. The average Bonchev–Trinajstić information content (AvgIpc) is 2.69. The molecule has 0 unspecified atom stereocenters. The number of carboxylic acid groups (broad SMARTS) is 1. The normalized spacial score (nSPS) is 15.1. The van der Waals surface area contributed by atoms with Gasteiger partial charge in [-0.1, -0.05) is 0 Å². The number of carboxylic acids is 1. The fourth-order valence-electron chi connectivity index (χ4n) is 2.20. The van der Waals surface area contributed by atoms with Gasteiger partial charge in [0, 0.05) is 32.0 Å². The Hall–Kier alpha value is -1.59. The Balaban J connectivity index is 2.47. The lowest BCUT2D eigenvalue weighted by Crippen LogP contribution is -2.44. The lowest BCUT2D eigenvalue weighted by atomic mass is 10.2. The third-order valence-electron chi connectivity index (χ3n) is 3.23. The van der Waals surface area contributed by atoms with E-state index < -0.39 is 5.97 Å². The van der Waals surface area contributed by atoms with Gasteiger partial charge in [-0.2, -0.15) is 0 Å². The summed E-state index contributed by atoms with van der Waals surface area (Å²) in [7, 11) is 0. The third-order valence-corrected chi connectivity index (χ3v) is 3.23. The van der Waals surface area contributed by atoms with Crippen LogP contribution in [0.15, 0.2) is 0 Å². The van der Waals surface area contributed by atoms with Crippen molar-refractivity contribution in [2.24, 2.45) is 0 Å². The molecule has 0 aromatic rings. The summed E-state index contributed by atoms with van der Waals surface area (Å²) < 4.78 is 0. The highest BCUT2D eigenvalue weighted by atomic mass is 16.4. The first-order valence-corrected chi connectivity index (χ1v) is 6.71. The predicted octanol–water partition coefficient (Wildman–Crippen LogP) is 0.711. The number of carbonyl (C=O) groups is 3. The van der Waals surface area contributed by atoms with Crippen LogP contribution in [0.1, 0.15) is 39.5 Å². The second kappa shape index (κ2) is 7.11. The van der Waals surface area contributed by atoms with Crippen molar-refractivity contribution in [1.29, 1.82) is 0 Å². The molecule has 1 aliphatic rings. The van der Waals surface area contributed by atoms with Crippen LogP contribution < -0.4 is 0 Å². The molecule has 0 radical (unpaired) electrons. The van der Waals surface area contributed by atoms with Crippen molar-refractivity contribution in [2.75, 3.05) is 19.6 Å². The zero-order valence-corrected chi connectivity index (χ0v) is 11.6. The van der Waals surface area contributed by atoms with Crippen molar-refractivity contribution in [1.82, 2.24) is 9.80 Å². The molecule has 19 heavy (non-hydrogen) atoms. The fourth-order valence-corrected chi connectivity index (χ4v) is 2.20.